The summed E-state index contributed by atoms with van der Waals surface area (Å²) in [7, 11) is 0. The number of aliphatic hydroxyl groups is 1. The van der Waals surface area contributed by atoms with Gasteiger partial charge in [-0.2, -0.15) is 0 Å². The van der Waals surface area contributed by atoms with Gasteiger partial charge in [0.15, 0.2) is 17.7 Å². The highest BCUT2D eigenvalue weighted by Gasteiger charge is 2.49. The minimum Gasteiger partial charge on any atom is -0.436 e. The van der Waals surface area contributed by atoms with Gasteiger partial charge in [0.2, 0.25) is 5.89 Å². The fourth-order valence-electron chi connectivity index (χ4n) is 7.24. The molecule has 3 atom stereocenters. The van der Waals surface area contributed by atoms with Gasteiger partial charge in [0.1, 0.15) is 19.2 Å². The molecular formula is C29H41N2O4+. The first-order valence-electron chi connectivity index (χ1n) is 14.0. The molecule has 1 aromatic heterocycles. The van der Waals surface area contributed by atoms with Crippen LogP contribution in [0.4, 0.5) is 0 Å². The number of oxazole rings is 1. The van der Waals surface area contributed by atoms with E-state index in [0.29, 0.717) is 11.8 Å². The summed E-state index contributed by atoms with van der Waals surface area (Å²) in [6.45, 7) is 5.00. The maximum absolute atomic E-state index is 12.2. The minimum absolute atomic E-state index is 0.0254. The molecule has 6 nitrogen and oxygen atoms in total. The summed E-state index contributed by atoms with van der Waals surface area (Å²) in [4.78, 5) is 4.72. The third-order valence-corrected chi connectivity index (χ3v) is 9.29. The Morgan fingerprint density at radius 2 is 1.74 bits per heavy atom. The van der Waals surface area contributed by atoms with Crippen LogP contribution in [0.2, 0.25) is 0 Å². The monoisotopic (exact) mass is 481 g/mol. The molecule has 35 heavy (non-hydrogen) atoms. The van der Waals surface area contributed by atoms with E-state index in [9.17, 15) is 5.11 Å². The van der Waals surface area contributed by atoms with E-state index in [4.69, 9.17) is 18.9 Å². The molecule has 5 heterocycles. The summed E-state index contributed by atoms with van der Waals surface area (Å²) >= 11 is 0. The first kappa shape index (κ1) is 23.7. The van der Waals surface area contributed by atoms with Crippen molar-refractivity contribution in [2.45, 2.75) is 88.7 Å². The van der Waals surface area contributed by atoms with Gasteiger partial charge >= 0.3 is 0 Å². The first-order valence-corrected chi connectivity index (χ1v) is 14.0. The number of piperidine rings is 3. The molecular weight excluding hydrogens is 440 g/mol. The molecule has 4 aliphatic heterocycles. The fourth-order valence-corrected chi connectivity index (χ4v) is 7.24. The maximum Gasteiger partial charge on any atom is 0.231 e. The van der Waals surface area contributed by atoms with E-state index in [1.807, 2.05) is 36.5 Å². The standard InChI is InChI=1S/C29H41N2O4/c32-29(23-9-3-1-4-10-23,24-11-5-2-6-12-24)28-30-19-25(34-28)20-31-16-14-22(15-17-31)26(21-31)35-27-13-7-8-18-33-27/h1,3-4,9-10,19,22,24,26-27,32H,2,5-8,11-18,20-21H2/q+1/t22?,26?,27?,29-,31?/m0/s1. The van der Waals surface area contributed by atoms with Gasteiger partial charge in [0.25, 0.3) is 0 Å². The Bertz CT molecular complexity index is 958. The summed E-state index contributed by atoms with van der Waals surface area (Å²) in [6.07, 6.45) is 13.5. The molecule has 1 N–H and O–H groups in total. The summed E-state index contributed by atoms with van der Waals surface area (Å²) in [5.74, 6) is 2.15. The van der Waals surface area contributed by atoms with Gasteiger partial charge in [-0.1, -0.05) is 49.6 Å². The van der Waals surface area contributed by atoms with Crippen LogP contribution in [0.3, 0.4) is 0 Å². The second-order valence-electron chi connectivity index (χ2n) is 11.5. The Balaban J connectivity index is 1.21. The van der Waals surface area contributed by atoms with E-state index in [0.717, 1.165) is 87.1 Å². The van der Waals surface area contributed by atoms with Gasteiger partial charge in [-0.3, -0.25) is 0 Å². The quantitative estimate of drug-likeness (QED) is 0.555. The highest BCUT2D eigenvalue weighted by Crippen LogP contribution is 2.44. The number of rotatable bonds is 7. The van der Waals surface area contributed by atoms with E-state index in [1.165, 1.54) is 25.7 Å². The van der Waals surface area contributed by atoms with E-state index in [1.54, 1.807) is 0 Å². The zero-order valence-corrected chi connectivity index (χ0v) is 20.9. The molecule has 7 rings (SSSR count). The number of fused-ring (bicyclic) bond motifs is 3. The minimum atomic E-state index is -1.17. The van der Waals surface area contributed by atoms with Gasteiger partial charge in [-0.25, -0.2) is 4.98 Å². The van der Waals surface area contributed by atoms with Crippen molar-refractivity contribution in [3.8, 4) is 0 Å². The lowest BCUT2D eigenvalue weighted by atomic mass is 9.73. The molecule has 1 saturated carbocycles. The van der Waals surface area contributed by atoms with Crippen LogP contribution in [0, 0.1) is 11.8 Å². The molecule has 0 spiro atoms. The molecule has 4 saturated heterocycles. The summed E-state index contributed by atoms with van der Waals surface area (Å²) < 4.78 is 19.8. The van der Waals surface area contributed by atoms with Crippen molar-refractivity contribution in [1.82, 2.24) is 4.98 Å². The van der Waals surface area contributed by atoms with E-state index >= 15 is 0 Å². The Morgan fingerprint density at radius 1 is 0.971 bits per heavy atom. The Morgan fingerprint density at radius 3 is 2.49 bits per heavy atom. The topological polar surface area (TPSA) is 64.7 Å². The van der Waals surface area contributed by atoms with Crippen LogP contribution in [0.5, 0.6) is 0 Å². The van der Waals surface area contributed by atoms with Crippen LogP contribution < -0.4 is 0 Å². The predicted octanol–water partition coefficient (Wildman–Crippen LogP) is 5.14. The lowest BCUT2D eigenvalue weighted by Gasteiger charge is -2.52. The maximum atomic E-state index is 12.2. The zero-order valence-electron chi connectivity index (χ0n) is 20.9. The molecule has 5 fully saturated rings. The predicted molar refractivity (Wildman–Crippen MR) is 132 cm³/mol. The van der Waals surface area contributed by atoms with Crippen LogP contribution in [-0.2, 0) is 21.6 Å². The molecule has 2 aromatic rings. The van der Waals surface area contributed by atoms with Crippen LogP contribution in [-0.4, -0.2) is 53.2 Å². The van der Waals surface area contributed by atoms with Crippen molar-refractivity contribution < 1.29 is 23.5 Å². The molecule has 0 radical (unpaired) electrons. The Kier molecular flexibility index (Phi) is 6.74. The molecule has 190 valence electrons. The van der Waals surface area contributed by atoms with Gasteiger partial charge in [-0.15, -0.1) is 0 Å². The van der Waals surface area contributed by atoms with Gasteiger partial charge < -0.3 is 23.5 Å². The van der Waals surface area contributed by atoms with Gasteiger partial charge in [0, 0.05) is 31.3 Å². The first-order chi connectivity index (χ1) is 17.1. The lowest BCUT2D eigenvalue weighted by Crippen LogP contribution is -2.64. The Hall–Kier alpha value is -1.73. The van der Waals surface area contributed by atoms with Gasteiger partial charge in [0.05, 0.1) is 19.3 Å². The second-order valence-corrected chi connectivity index (χ2v) is 11.5. The van der Waals surface area contributed by atoms with Crippen molar-refractivity contribution in [3.05, 3.63) is 53.7 Å². The molecule has 1 aliphatic carbocycles. The number of ether oxygens (including phenoxy) is 2. The average molecular weight is 482 g/mol. The zero-order chi connectivity index (χ0) is 23.7. The number of nitrogens with zero attached hydrogens (tertiary/aromatic N) is 2. The summed E-state index contributed by atoms with van der Waals surface area (Å²) in [5, 5.41) is 12.2. The SMILES string of the molecule is O[C@](c1ccccc1)(c1ncc(C[N+]23CCC(CC2)C(OC2CCCCO2)C3)o1)C1CCCCC1. The van der Waals surface area contributed by atoms with Gasteiger partial charge in [-0.05, 0) is 37.7 Å². The van der Waals surface area contributed by atoms with Crippen LogP contribution in [0.1, 0.15) is 81.4 Å². The van der Waals surface area contributed by atoms with Crippen molar-refractivity contribution in [3.63, 3.8) is 0 Å². The fraction of sp³-hybridized carbons (Fsp3) is 0.690. The number of benzene rings is 1. The third-order valence-electron chi connectivity index (χ3n) is 9.29. The molecule has 2 bridgehead atoms. The number of aromatic nitrogens is 1. The molecule has 5 aliphatic rings. The summed E-state index contributed by atoms with van der Waals surface area (Å²) in [5.41, 5.74) is -0.272. The van der Waals surface area contributed by atoms with Crippen LogP contribution >= 0.6 is 0 Å². The molecule has 6 heteroatoms. The van der Waals surface area contributed by atoms with E-state index in [-0.39, 0.29) is 18.3 Å². The highest BCUT2D eigenvalue weighted by molar-refractivity contribution is 5.30. The molecule has 0 amide bonds. The average Bonchev–Trinajstić information content (AvgIpc) is 3.39. The van der Waals surface area contributed by atoms with Crippen LogP contribution in [0.15, 0.2) is 40.9 Å². The van der Waals surface area contributed by atoms with Crippen molar-refractivity contribution in [2.75, 3.05) is 26.2 Å². The van der Waals surface area contributed by atoms with E-state index in [2.05, 4.69) is 0 Å². The third kappa shape index (κ3) is 4.71. The van der Waals surface area contributed by atoms with Crippen molar-refractivity contribution in [2.24, 2.45) is 11.8 Å². The molecule has 2 unspecified atom stereocenters. The highest BCUT2D eigenvalue weighted by atomic mass is 16.7. The normalized spacial score (nSPS) is 33.5. The largest absolute Gasteiger partial charge is 0.436 e. The van der Waals surface area contributed by atoms with Crippen molar-refractivity contribution in [1.29, 1.82) is 0 Å². The Labute approximate surface area is 209 Å². The number of hydrogen-bond donors (Lipinski definition) is 1. The lowest BCUT2D eigenvalue weighted by molar-refractivity contribution is -0.959. The number of hydrogen-bond acceptors (Lipinski definition) is 5. The van der Waals surface area contributed by atoms with Crippen molar-refractivity contribution >= 4 is 0 Å². The summed E-state index contributed by atoms with van der Waals surface area (Å²) in [6, 6.07) is 10.0. The smallest absolute Gasteiger partial charge is 0.231 e. The number of quaternary nitrogens is 1. The van der Waals surface area contributed by atoms with E-state index < -0.39 is 5.60 Å². The van der Waals surface area contributed by atoms with Crippen LogP contribution in [0.25, 0.3) is 0 Å². The molecule has 1 aromatic carbocycles. The second kappa shape index (κ2) is 9.97.